The van der Waals surface area contributed by atoms with Crippen molar-refractivity contribution in [3.63, 3.8) is 0 Å². The second-order valence-corrected chi connectivity index (χ2v) is 8.90. The molecule has 1 saturated heterocycles. The molecule has 0 bridgehead atoms. The molecule has 2 aliphatic rings. The zero-order chi connectivity index (χ0) is 25.8. The van der Waals surface area contributed by atoms with Gasteiger partial charge in [-0.25, -0.2) is 9.78 Å². The minimum Gasteiger partial charge on any atom is -0.492 e. The third-order valence-corrected chi connectivity index (χ3v) is 6.12. The van der Waals surface area contributed by atoms with Gasteiger partial charge in [0.15, 0.2) is 0 Å². The van der Waals surface area contributed by atoms with Crippen molar-refractivity contribution in [3.8, 4) is 5.75 Å². The van der Waals surface area contributed by atoms with E-state index in [2.05, 4.69) is 50.6 Å². The second-order valence-electron chi connectivity index (χ2n) is 8.90. The second kappa shape index (κ2) is 10.8. The zero-order valence-electron chi connectivity index (χ0n) is 20.9. The van der Waals surface area contributed by atoms with E-state index >= 15 is 0 Å². The van der Waals surface area contributed by atoms with E-state index in [1.165, 1.54) is 10.5 Å². The highest BCUT2D eigenvalue weighted by Gasteiger charge is 2.31. The summed E-state index contributed by atoms with van der Waals surface area (Å²) in [7, 11) is 1.77. The molecule has 2 aliphatic heterocycles. The van der Waals surface area contributed by atoms with Crippen LogP contribution in [0.2, 0.25) is 0 Å². The van der Waals surface area contributed by atoms with Crippen LogP contribution in [0.4, 0.5) is 22.0 Å². The molecule has 0 unspecified atom stereocenters. The number of nitrogens with zero attached hydrogens (tertiary/aromatic N) is 6. The number of urea groups is 1. The van der Waals surface area contributed by atoms with E-state index in [1.54, 1.807) is 24.2 Å². The summed E-state index contributed by atoms with van der Waals surface area (Å²) in [6, 6.07) is 6.26. The number of carbonyl (C=O) groups excluding carboxylic acids is 1. The lowest BCUT2D eigenvalue weighted by molar-refractivity contribution is -0.122. The highest BCUT2D eigenvalue weighted by atomic mass is 16.5. The van der Waals surface area contributed by atoms with Crippen LogP contribution in [-0.2, 0) is 18.3 Å². The smallest absolute Gasteiger partial charge is 0.327 e. The van der Waals surface area contributed by atoms with Crippen LogP contribution in [0.15, 0.2) is 24.4 Å². The van der Waals surface area contributed by atoms with Crippen LogP contribution in [0.5, 0.6) is 5.75 Å². The molecule has 0 aliphatic carbocycles. The molecule has 5 rings (SSSR count). The number of rotatable bonds is 4. The number of aryl methyl sites for hydroxylation is 1. The Morgan fingerprint density at radius 1 is 1.25 bits per heavy atom. The number of piperazine rings is 1. The van der Waals surface area contributed by atoms with E-state index in [9.17, 15) is 4.79 Å². The quantitative estimate of drug-likeness (QED) is 0.464. The zero-order valence-corrected chi connectivity index (χ0v) is 20.9. The maximum Gasteiger partial charge on any atom is 0.327 e. The Balaban J connectivity index is 0.000000967. The third kappa shape index (κ3) is 5.18. The summed E-state index contributed by atoms with van der Waals surface area (Å²) in [6.45, 7) is 8.99. The number of aromatic nitrogens is 4. The number of carboxylic acid groups (broad SMARTS) is 1. The Kier molecular flexibility index (Phi) is 7.53. The van der Waals surface area contributed by atoms with Gasteiger partial charge in [-0.15, -0.1) is 0 Å². The Morgan fingerprint density at radius 2 is 1.92 bits per heavy atom. The first kappa shape index (κ1) is 25.2. The predicted octanol–water partition coefficient (Wildman–Crippen LogP) is 2.24. The molecule has 2 aromatic heterocycles. The molecule has 2 atom stereocenters. The first-order valence-electron chi connectivity index (χ1n) is 12.0. The number of anilines is 3. The Morgan fingerprint density at radius 3 is 2.58 bits per heavy atom. The Hall–Kier alpha value is -3.93. The fourth-order valence-electron chi connectivity index (χ4n) is 4.90. The summed E-state index contributed by atoms with van der Waals surface area (Å²) in [5.41, 5.74) is 4.29. The van der Waals surface area contributed by atoms with Gasteiger partial charge >= 0.3 is 6.03 Å². The normalized spacial score (nSPS) is 18.9. The first-order valence-corrected chi connectivity index (χ1v) is 12.0. The molecule has 36 heavy (non-hydrogen) atoms. The Labute approximate surface area is 209 Å². The van der Waals surface area contributed by atoms with E-state index in [-0.39, 0.29) is 12.5 Å². The van der Waals surface area contributed by atoms with Crippen molar-refractivity contribution >= 4 is 40.7 Å². The van der Waals surface area contributed by atoms with Gasteiger partial charge in [0.1, 0.15) is 22.6 Å². The highest BCUT2D eigenvalue weighted by molar-refractivity contribution is 6.04. The van der Waals surface area contributed by atoms with Crippen molar-refractivity contribution in [2.45, 2.75) is 39.3 Å². The molecule has 12 nitrogen and oxygen atoms in total. The standard InChI is InChI=1S/C23H30N8O2.CH2O2/c1-5-33-21-11-18-17(27-29(4)28-18)10-19(21)26-23(32)31-9-7-16-20(6-8-24-22(16)31)30-12-14(2)25-15(3)13-30;2-1-3/h6,8,10-11,14-15,25H,5,7,9,12-13H2,1-4H3,(H,26,32);1H,(H,2,3)/t14-,15+;. The van der Waals surface area contributed by atoms with Gasteiger partial charge in [-0.2, -0.15) is 15.0 Å². The fraction of sp³-hybridized carbons (Fsp3) is 0.458. The molecule has 2 amide bonds. The van der Waals surface area contributed by atoms with Crippen LogP contribution in [0.1, 0.15) is 26.3 Å². The van der Waals surface area contributed by atoms with Gasteiger partial charge in [-0.1, -0.05) is 0 Å². The van der Waals surface area contributed by atoms with Gasteiger partial charge in [0.05, 0.1) is 12.3 Å². The lowest BCUT2D eigenvalue weighted by Gasteiger charge is -2.38. The minimum atomic E-state index is -0.250. The van der Waals surface area contributed by atoms with E-state index in [1.807, 2.05) is 13.0 Å². The topological polar surface area (TPSA) is 138 Å². The summed E-state index contributed by atoms with van der Waals surface area (Å²) in [5, 5.41) is 22.2. The highest BCUT2D eigenvalue weighted by Crippen LogP contribution is 2.36. The first-order chi connectivity index (χ1) is 17.3. The van der Waals surface area contributed by atoms with Crippen molar-refractivity contribution in [2.75, 3.05) is 41.4 Å². The third-order valence-electron chi connectivity index (χ3n) is 6.12. The van der Waals surface area contributed by atoms with E-state index in [0.717, 1.165) is 36.4 Å². The van der Waals surface area contributed by atoms with Crippen molar-refractivity contribution < 1.29 is 19.4 Å². The molecule has 1 aromatic carbocycles. The summed E-state index contributed by atoms with van der Waals surface area (Å²) in [6.07, 6.45) is 2.58. The molecule has 0 radical (unpaired) electrons. The molecule has 3 aromatic rings. The maximum absolute atomic E-state index is 13.3. The van der Waals surface area contributed by atoms with Gasteiger partial charge in [-0.3, -0.25) is 9.69 Å². The molecule has 12 heteroatoms. The van der Waals surface area contributed by atoms with Crippen molar-refractivity contribution in [2.24, 2.45) is 7.05 Å². The van der Waals surface area contributed by atoms with Gasteiger partial charge in [-0.05, 0) is 39.3 Å². The average Bonchev–Trinajstić information content (AvgIpc) is 3.41. The monoisotopic (exact) mass is 496 g/mol. The number of benzene rings is 1. The largest absolute Gasteiger partial charge is 0.492 e. The molecular formula is C24H32N8O4. The number of hydrogen-bond donors (Lipinski definition) is 3. The van der Waals surface area contributed by atoms with Gasteiger partial charge in [0.25, 0.3) is 6.47 Å². The molecule has 0 saturated carbocycles. The van der Waals surface area contributed by atoms with Crippen LogP contribution in [0.3, 0.4) is 0 Å². The average molecular weight is 497 g/mol. The number of amides is 2. The SMILES string of the molecule is CCOc1cc2nn(C)nc2cc1NC(=O)N1CCc2c(N3C[C@@H](C)N[C@@H](C)C3)ccnc21.O=CO. The number of pyridine rings is 1. The predicted molar refractivity (Wildman–Crippen MR) is 137 cm³/mol. The fourth-order valence-corrected chi connectivity index (χ4v) is 4.90. The van der Waals surface area contributed by atoms with Crippen molar-refractivity contribution in [3.05, 3.63) is 30.0 Å². The lowest BCUT2D eigenvalue weighted by Crippen LogP contribution is -2.54. The van der Waals surface area contributed by atoms with Crippen LogP contribution in [0.25, 0.3) is 11.0 Å². The molecule has 0 spiro atoms. The van der Waals surface area contributed by atoms with Gasteiger partial charge < -0.3 is 25.4 Å². The number of ether oxygens (including phenoxy) is 1. The minimum absolute atomic E-state index is 0.232. The summed E-state index contributed by atoms with van der Waals surface area (Å²) in [5.74, 6) is 1.30. The maximum atomic E-state index is 13.3. The lowest BCUT2D eigenvalue weighted by atomic mass is 10.1. The number of hydrogen-bond acceptors (Lipinski definition) is 8. The van der Waals surface area contributed by atoms with Gasteiger partial charge in [0.2, 0.25) is 0 Å². The molecular weight excluding hydrogens is 464 g/mol. The van der Waals surface area contributed by atoms with Crippen LogP contribution >= 0.6 is 0 Å². The van der Waals surface area contributed by atoms with Crippen LogP contribution in [-0.4, -0.2) is 75.9 Å². The number of carbonyl (C=O) groups is 2. The summed E-state index contributed by atoms with van der Waals surface area (Å²) >= 11 is 0. The van der Waals surface area contributed by atoms with Crippen LogP contribution < -0.4 is 25.2 Å². The van der Waals surface area contributed by atoms with E-state index in [4.69, 9.17) is 14.6 Å². The van der Waals surface area contributed by atoms with Crippen molar-refractivity contribution in [1.82, 2.24) is 25.3 Å². The summed E-state index contributed by atoms with van der Waals surface area (Å²) in [4.78, 5) is 31.9. The van der Waals surface area contributed by atoms with Crippen molar-refractivity contribution in [1.29, 1.82) is 0 Å². The number of fused-ring (bicyclic) bond motifs is 2. The van der Waals surface area contributed by atoms with E-state index < -0.39 is 0 Å². The van der Waals surface area contributed by atoms with E-state index in [0.29, 0.717) is 42.2 Å². The summed E-state index contributed by atoms with van der Waals surface area (Å²) < 4.78 is 5.77. The van der Waals surface area contributed by atoms with Gasteiger partial charge in [0, 0.05) is 62.3 Å². The van der Waals surface area contributed by atoms with Crippen LogP contribution in [0, 0.1) is 0 Å². The molecule has 4 heterocycles. The Bertz CT molecular complexity index is 1240. The molecule has 192 valence electrons. The molecule has 1 fully saturated rings. The number of nitrogens with one attached hydrogen (secondary N) is 2. The molecule has 3 N–H and O–H groups in total.